The van der Waals surface area contributed by atoms with Crippen LogP contribution in [0.15, 0.2) is 48.5 Å². The summed E-state index contributed by atoms with van der Waals surface area (Å²) < 4.78 is 10.9. The molecule has 0 heterocycles. The lowest BCUT2D eigenvalue weighted by atomic mass is 10.0. The molecule has 6 nitrogen and oxygen atoms in total. The van der Waals surface area contributed by atoms with E-state index in [1.165, 1.54) is 18.9 Å². The predicted molar refractivity (Wildman–Crippen MR) is 144 cm³/mol. The van der Waals surface area contributed by atoms with E-state index in [9.17, 15) is 14.7 Å². The highest BCUT2D eigenvalue weighted by Gasteiger charge is 2.15. The molecule has 0 spiro atoms. The molecule has 2 rings (SSSR count). The Morgan fingerprint density at radius 1 is 0.778 bits per heavy atom. The summed E-state index contributed by atoms with van der Waals surface area (Å²) in [5.41, 5.74) is 0.477. The van der Waals surface area contributed by atoms with Crippen LogP contribution in [0.25, 0.3) is 0 Å². The van der Waals surface area contributed by atoms with E-state index in [4.69, 9.17) is 14.6 Å². The number of para-hydroxylation sites is 2. The molecule has 0 saturated heterocycles. The number of hydrogen-bond acceptors (Lipinski definition) is 5. The Morgan fingerprint density at radius 3 is 1.83 bits per heavy atom. The van der Waals surface area contributed by atoms with Crippen LogP contribution in [0.1, 0.15) is 99.8 Å². The molecule has 0 aliphatic heterocycles. The first kappa shape index (κ1) is 31.0. The minimum atomic E-state index is -0.938. The van der Waals surface area contributed by atoms with Gasteiger partial charge in [0.25, 0.3) is 0 Å². The van der Waals surface area contributed by atoms with Crippen LogP contribution in [-0.2, 0) is 4.74 Å². The monoisotopic (exact) mass is 500 g/mol. The van der Waals surface area contributed by atoms with Gasteiger partial charge in [-0.3, -0.25) is 0 Å². The van der Waals surface area contributed by atoms with E-state index >= 15 is 0 Å². The minimum Gasteiger partial charge on any atom is -0.507 e. The second-order valence-electron chi connectivity index (χ2n) is 9.06. The number of ether oxygens (including phenoxy) is 2. The van der Waals surface area contributed by atoms with Crippen molar-refractivity contribution in [3.05, 3.63) is 59.7 Å². The molecule has 200 valence electrons. The van der Waals surface area contributed by atoms with Crippen LogP contribution in [-0.4, -0.2) is 35.4 Å². The Labute approximate surface area is 216 Å². The smallest absolute Gasteiger partial charge is 0.341 e. The van der Waals surface area contributed by atoms with E-state index in [0.717, 1.165) is 38.5 Å². The first-order chi connectivity index (χ1) is 17.4. The molecule has 2 aromatic rings. The molecule has 0 radical (unpaired) electrons. The number of esters is 1. The van der Waals surface area contributed by atoms with Crippen LogP contribution in [0.3, 0.4) is 0 Å². The Morgan fingerprint density at radius 2 is 1.31 bits per heavy atom. The van der Waals surface area contributed by atoms with Crippen molar-refractivity contribution in [1.29, 1.82) is 0 Å². The highest BCUT2D eigenvalue weighted by molar-refractivity contribution is 5.92. The van der Waals surface area contributed by atoms with E-state index in [1.807, 2.05) is 0 Å². The fraction of sp³-hybridized carbons (Fsp3) is 0.533. The number of aromatic carboxylic acids is 1. The predicted octanol–water partition coefficient (Wildman–Crippen LogP) is 7.75. The Balaban J connectivity index is 0.000000360. The first-order valence-electron chi connectivity index (χ1n) is 13.3. The zero-order valence-electron chi connectivity index (χ0n) is 22.4. The zero-order valence-corrected chi connectivity index (χ0v) is 22.4. The standard InChI is InChI=1S/2C15H22O3/c1-3-5-8-12(4-2)11-18-14-10-7-6-9-13(14)15(16)17;1-3-5-8-12(4-2)11-18-15(17)13-9-6-7-10-14(13)16/h6-7,9-10,12H,3-5,8,11H2,1-2H3,(H,16,17);6-7,9-10,12,16H,3-5,8,11H2,1-2H3. The van der Waals surface area contributed by atoms with Crippen molar-refractivity contribution in [3.63, 3.8) is 0 Å². The first-order valence-corrected chi connectivity index (χ1v) is 13.3. The highest BCUT2D eigenvalue weighted by atomic mass is 16.5. The maximum atomic E-state index is 11.8. The molecule has 0 aliphatic carbocycles. The summed E-state index contributed by atoms with van der Waals surface area (Å²) in [6.07, 6.45) is 8.99. The van der Waals surface area contributed by atoms with Crippen molar-refractivity contribution in [2.24, 2.45) is 11.8 Å². The maximum absolute atomic E-state index is 11.8. The van der Waals surface area contributed by atoms with Crippen LogP contribution in [0.4, 0.5) is 0 Å². The summed E-state index contributed by atoms with van der Waals surface area (Å²) in [7, 11) is 0. The molecule has 6 heteroatoms. The number of carboxylic acids is 1. The number of unbranched alkanes of at least 4 members (excludes halogenated alkanes) is 2. The molecule has 2 N–H and O–H groups in total. The number of hydrogen-bond donors (Lipinski definition) is 2. The lowest BCUT2D eigenvalue weighted by molar-refractivity contribution is 0.0424. The molecule has 36 heavy (non-hydrogen) atoms. The molecule has 0 aliphatic rings. The van der Waals surface area contributed by atoms with Gasteiger partial charge in [0.05, 0.1) is 13.2 Å². The van der Waals surface area contributed by atoms with Gasteiger partial charge < -0.3 is 19.7 Å². The third-order valence-electron chi connectivity index (χ3n) is 6.25. The fourth-order valence-corrected chi connectivity index (χ4v) is 3.69. The van der Waals surface area contributed by atoms with Gasteiger partial charge in [0.2, 0.25) is 0 Å². The van der Waals surface area contributed by atoms with Crippen molar-refractivity contribution >= 4 is 11.9 Å². The quantitative estimate of drug-likeness (QED) is 0.243. The normalized spacial score (nSPS) is 12.1. The molecule has 2 unspecified atom stereocenters. The zero-order chi connectivity index (χ0) is 26.8. The second kappa shape index (κ2) is 18.3. The van der Waals surface area contributed by atoms with Gasteiger partial charge in [-0.2, -0.15) is 0 Å². The number of carbonyl (C=O) groups excluding carboxylic acids is 1. The Kier molecular flexibility index (Phi) is 15.7. The van der Waals surface area contributed by atoms with Crippen molar-refractivity contribution < 1.29 is 29.3 Å². The number of carbonyl (C=O) groups is 2. The van der Waals surface area contributed by atoms with Gasteiger partial charge >= 0.3 is 11.9 Å². The second-order valence-corrected chi connectivity index (χ2v) is 9.06. The number of benzene rings is 2. The molecule has 2 aromatic carbocycles. The van der Waals surface area contributed by atoms with E-state index in [1.54, 1.807) is 42.5 Å². The molecule has 2 atom stereocenters. The minimum absolute atomic E-state index is 0.0240. The van der Waals surface area contributed by atoms with Crippen LogP contribution >= 0.6 is 0 Å². The number of phenolic OH excluding ortho intramolecular Hbond substituents is 1. The number of phenols is 1. The van der Waals surface area contributed by atoms with E-state index < -0.39 is 11.9 Å². The van der Waals surface area contributed by atoms with E-state index in [-0.39, 0.29) is 16.9 Å². The molecule has 0 fully saturated rings. The summed E-state index contributed by atoms with van der Waals surface area (Å²) in [6.45, 7) is 9.61. The number of aromatic hydroxyl groups is 1. The Bertz CT molecular complexity index is 895. The third-order valence-corrected chi connectivity index (χ3v) is 6.25. The summed E-state index contributed by atoms with van der Waals surface area (Å²) in [5, 5.41) is 18.6. The van der Waals surface area contributed by atoms with Gasteiger partial charge in [-0.1, -0.05) is 90.5 Å². The third kappa shape index (κ3) is 11.6. The average Bonchev–Trinajstić information content (AvgIpc) is 2.89. The largest absolute Gasteiger partial charge is 0.507 e. The SMILES string of the molecule is CCCCC(CC)COC(=O)c1ccccc1O.CCCCC(CC)COc1ccccc1C(=O)O. The number of carboxylic acid groups (broad SMARTS) is 1. The average molecular weight is 501 g/mol. The van der Waals surface area contributed by atoms with Gasteiger partial charge in [-0.15, -0.1) is 0 Å². The van der Waals surface area contributed by atoms with Crippen molar-refractivity contribution in [2.75, 3.05) is 13.2 Å². The maximum Gasteiger partial charge on any atom is 0.341 e. The molecule has 0 amide bonds. The van der Waals surface area contributed by atoms with Gasteiger partial charge in [-0.05, 0) is 48.9 Å². The van der Waals surface area contributed by atoms with Crippen LogP contribution in [0.2, 0.25) is 0 Å². The topological polar surface area (TPSA) is 93.1 Å². The van der Waals surface area contributed by atoms with Crippen LogP contribution in [0.5, 0.6) is 11.5 Å². The summed E-state index contributed by atoms with van der Waals surface area (Å²) in [5.74, 6) is -0.00846. The molecular weight excluding hydrogens is 456 g/mol. The summed E-state index contributed by atoms with van der Waals surface area (Å²) in [6, 6.07) is 13.3. The summed E-state index contributed by atoms with van der Waals surface area (Å²) in [4.78, 5) is 22.8. The Hall–Kier alpha value is -3.02. The van der Waals surface area contributed by atoms with Gasteiger partial charge in [0, 0.05) is 0 Å². The molecule has 0 aromatic heterocycles. The number of rotatable bonds is 15. The van der Waals surface area contributed by atoms with Gasteiger partial charge in [-0.25, -0.2) is 9.59 Å². The summed E-state index contributed by atoms with van der Waals surface area (Å²) >= 11 is 0. The van der Waals surface area contributed by atoms with Crippen molar-refractivity contribution in [3.8, 4) is 11.5 Å². The molecule has 0 saturated carbocycles. The molecular formula is C30H44O6. The lowest BCUT2D eigenvalue weighted by Crippen LogP contribution is -2.14. The highest BCUT2D eigenvalue weighted by Crippen LogP contribution is 2.21. The van der Waals surface area contributed by atoms with Gasteiger partial charge in [0.1, 0.15) is 22.6 Å². The van der Waals surface area contributed by atoms with E-state index in [2.05, 4.69) is 27.7 Å². The van der Waals surface area contributed by atoms with Crippen molar-refractivity contribution in [2.45, 2.75) is 79.1 Å². The molecule has 0 bridgehead atoms. The fourth-order valence-electron chi connectivity index (χ4n) is 3.69. The van der Waals surface area contributed by atoms with Gasteiger partial charge in [0.15, 0.2) is 0 Å². The van der Waals surface area contributed by atoms with E-state index in [0.29, 0.717) is 30.8 Å². The van der Waals surface area contributed by atoms with Crippen molar-refractivity contribution in [1.82, 2.24) is 0 Å². The lowest BCUT2D eigenvalue weighted by Gasteiger charge is -2.16. The van der Waals surface area contributed by atoms with Crippen LogP contribution < -0.4 is 4.74 Å². The van der Waals surface area contributed by atoms with Crippen LogP contribution in [0, 0.1) is 11.8 Å².